The fourth-order valence-corrected chi connectivity index (χ4v) is 2.31. The molecule has 1 fully saturated rings. The van der Waals surface area contributed by atoms with Crippen LogP contribution in [0.5, 0.6) is 0 Å². The van der Waals surface area contributed by atoms with Crippen LogP contribution in [0, 0.1) is 19.8 Å². The number of aryl methyl sites for hydroxylation is 2. The molecule has 1 aliphatic rings. The molecule has 2 rings (SSSR count). The van der Waals surface area contributed by atoms with Gasteiger partial charge in [0.05, 0.1) is 0 Å². The van der Waals surface area contributed by atoms with Crippen LogP contribution in [0.3, 0.4) is 0 Å². The van der Waals surface area contributed by atoms with E-state index in [4.69, 9.17) is 4.42 Å². The zero-order valence-electron chi connectivity index (χ0n) is 10.7. The molecule has 1 heterocycles. The lowest BCUT2D eigenvalue weighted by Gasteiger charge is -2.12. The van der Waals surface area contributed by atoms with Crippen molar-refractivity contribution < 1.29 is 4.42 Å². The summed E-state index contributed by atoms with van der Waals surface area (Å²) in [5.74, 6) is 3.12. The SMILES string of the molecule is Cc1cc(C(C)NCCCC2CC2)c(C)o1. The second kappa shape index (κ2) is 5.05. The molecule has 2 nitrogen and oxygen atoms in total. The summed E-state index contributed by atoms with van der Waals surface area (Å²) in [7, 11) is 0. The van der Waals surface area contributed by atoms with E-state index in [0.717, 1.165) is 24.0 Å². The maximum Gasteiger partial charge on any atom is 0.105 e. The van der Waals surface area contributed by atoms with Gasteiger partial charge in [-0.1, -0.05) is 12.8 Å². The average Bonchev–Trinajstić information content (AvgIpc) is 2.98. The number of hydrogen-bond acceptors (Lipinski definition) is 2. The summed E-state index contributed by atoms with van der Waals surface area (Å²) >= 11 is 0. The number of nitrogens with one attached hydrogen (secondary N) is 1. The summed E-state index contributed by atoms with van der Waals surface area (Å²) in [4.78, 5) is 0. The minimum absolute atomic E-state index is 0.414. The summed E-state index contributed by atoms with van der Waals surface area (Å²) < 4.78 is 5.55. The second-order valence-corrected chi connectivity index (χ2v) is 5.13. The monoisotopic (exact) mass is 221 g/mol. The third-order valence-electron chi connectivity index (χ3n) is 3.48. The lowest BCUT2D eigenvalue weighted by atomic mass is 10.1. The topological polar surface area (TPSA) is 25.2 Å². The quantitative estimate of drug-likeness (QED) is 0.740. The van der Waals surface area contributed by atoms with Crippen molar-refractivity contribution in [2.24, 2.45) is 5.92 Å². The molecule has 0 amide bonds. The number of rotatable bonds is 6. The first-order valence-corrected chi connectivity index (χ1v) is 6.47. The van der Waals surface area contributed by atoms with E-state index < -0.39 is 0 Å². The van der Waals surface area contributed by atoms with Crippen LogP contribution < -0.4 is 5.32 Å². The van der Waals surface area contributed by atoms with Gasteiger partial charge in [-0.05, 0) is 52.1 Å². The van der Waals surface area contributed by atoms with Crippen LogP contribution in [0.25, 0.3) is 0 Å². The van der Waals surface area contributed by atoms with Crippen LogP contribution in [0.4, 0.5) is 0 Å². The van der Waals surface area contributed by atoms with Gasteiger partial charge in [-0.15, -0.1) is 0 Å². The zero-order chi connectivity index (χ0) is 11.5. The molecule has 1 saturated carbocycles. The summed E-state index contributed by atoms with van der Waals surface area (Å²) in [6.45, 7) is 7.40. The second-order valence-electron chi connectivity index (χ2n) is 5.13. The van der Waals surface area contributed by atoms with E-state index in [0.29, 0.717) is 6.04 Å². The van der Waals surface area contributed by atoms with Gasteiger partial charge >= 0.3 is 0 Å². The molecule has 0 radical (unpaired) electrons. The van der Waals surface area contributed by atoms with Gasteiger partial charge in [-0.25, -0.2) is 0 Å². The molecule has 1 atom stereocenters. The van der Waals surface area contributed by atoms with Crippen molar-refractivity contribution in [3.63, 3.8) is 0 Å². The Balaban J connectivity index is 1.73. The smallest absolute Gasteiger partial charge is 0.105 e. The first kappa shape index (κ1) is 11.7. The summed E-state index contributed by atoms with van der Waals surface area (Å²) in [5, 5.41) is 3.58. The molecule has 2 heteroatoms. The lowest BCUT2D eigenvalue weighted by molar-refractivity contribution is 0.485. The predicted molar refractivity (Wildman–Crippen MR) is 66.6 cm³/mol. The van der Waals surface area contributed by atoms with Crippen molar-refractivity contribution >= 4 is 0 Å². The first-order valence-electron chi connectivity index (χ1n) is 6.47. The minimum atomic E-state index is 0.414. The lowest BCUT2D eigenvalue weighted by Crippen LogP contribution is -2.20. The highest BCUT2D eigenvalue weighted by atomic mass is 16.3. The standard InChI is InChI=1S/C14H23NO/c1-10-9-14(12(3)16-10)11(2)15-8-4-5-13-6-7-13/h9,11,13,15H,4-8H2,1-3H3. The van der Waals surface area contributed by atoms with E-state index in [2.05, 4.69) is 18.3 Å². The largest absolute Gasteiger partial charge is 0.466 e. The fraction of sp³-hybridized carbons (Fsp3) is 0.714. The molecule has 0 aromatic carbocycles. The van der Waals surface area contributed by atoms with E-state index in [-0.39, 0.29) is 0 Å². The van der Waals surface area contributed by atoms with Gasteiger partial charge in [-0.3, -0.25) is 0 Å². The van der Waals surface area contributed by atoms with E-state index in [1.54, 1.807) is 0 Å². The van der Waals surface area contributed by atoms with Crippen LogP contribution in [0.1, 0.15) is 55.7 Å². The van der Waals surface area contributed by atoms with Crippen LogP contribution in [-0.4, -0.2) is 6.54 Å². The van der Waals surface area contributed by atoms with E-state index >= 15 is 0 Å². The summed E-state index contributed by atoms with van der Waals surface area (Å²) in [6, 6.07) is 2.56. The summed E-state index contributed by atoms with van der Waals surface area (Å²) in [6.07, 6.45) is 5.65. The van der Waals surface area contributed by atoms with Gasteiger partial charge in [-0.2, -0.15) is 0 Å². The van der Waals surface area contributed by atoms with Crippen LogP contribution in [0.15, 0.2) is 10.5 Å². The molecule has 1 unspecified atom stereocenters. The van der Waals surface area contributed by atoms with Crippen LogP contribution in [0.2, 0.25) is 0 Å². The van der Waals surface area contributed by atoms with E-state index in [1.807, 2.05) is 13.8 Å². The maximum absolute atomic E-state index is 5.55. The number of furan rings is 1. The predicted octanol–water partition coefficient (Wildman–Crippen LogP) is 3.74. The highest BCUT2D eigenvalue weighted by Gasteiger charge is 2.20. The molecule has 1 aliphatic carbocycles. The molecule has 0 spiro atoms. The third kappa shape index (κ3) is 3.11. The molecule has 0 aliphatic heterocycles. The van der Waals surface area contributed by atoms with Gasteiger partial charge in [0, 0.05) is 11.6 Å². The number of hydrogen-bond donors (Lipinski definition) is 1. The van der Waals surface area contributed by atoms with Crippen molar-refractivity contribution in [1.82, 2.24) is 5.32 Å². The zero-order valence-corrected chi connectivity index (χ0v) is 10.7. The van der Waals surface area contributed by atoms with Gasteiger partial charge in [0.2, 0.25) is 0 Å². The average molecular weight is 221 g/mol. The Kier molecular flexibility index (Phi) is 3.70. The third-order valence-corrected chi connectivity index (χ3v) is 3.48. The van der Waals surface area contributed by atoms with Crippen molar-refractivity contribution in [3.8, 4) is 0 Å². The molecular formula is C14H23NO. The minimum Gasteiger partial charge on any atom is -0.466 e. The molecule has 0 saturated heterocycles. The van der Waals surface area contributed by atoms with Crippen molar-refractivity contribution in [1.29, 1.82) is 0 Å². The van der Waals surface area contributed by atoms with Crippen molar-refractivity contribution in [2.45, 2.75) is 52.5 Å². The van der Waals surface area contributed by atoms with Crippen molar-refractivity contribution in [3.05, 3.63) is 23.2 Å². The Morgan fingerprint density at radius 3 is 2.75 bits per heavy atom. The Morgan fingerprint density at radius 2 is 2.19 bits per heavy atom. The molecule has 1 aromatic heterocycles. The first-order chi connectivity index (χ1) is 7.66. The highest BCUT2D eigenvalue weighted by Crippen LogP contribution is 2.33. The van der Waals surface area contributed by atoms with Gasteiger partial charge in [0.1, 0.15) is 11.5 Å². The molecule has 90 valence electrons. The van der Waals surface area contributed by atoms with Crippen LogP contribution in [-0.2, 0) is 0 Å². The highest BCUT2D eigenvalue weighted by molar-refractivity contribution is 5.23. The normalized spacial score (nSPS) is 17.7. The molecular weight excluding hydrogens is 198 g/mol. The van der Waals surface area contributed by atoms with Gasteiger partial charge in [0.15, 0.2) is 0 Å². The molecule has 0 bridgehead atoms. The Labute approximate surface area is 98.4 Å². The summed E-state index contributed by atoms with van der Waals surface area (Å²) in [5.41, 5.74) is 1.31. The fourth-order valence-electron chi connectivity index (χ4n) is 2.31. The van der Waals surface area contributed by atoms with E-state index in [9.17, 15) is 0 Å². The maximum atomic E-state index is 5.55. The Morgan fingerprint density at radius 1 is 1.44 bits per heavy atom. The van der Waals surface area contributed by atoms with Gasteiger partial charge < -0.3 is 9.73 Å². The molecule has 1 N–H and O–H groups in total. The van der Waals surface area contributed by atoms with Gasteiger partial charge in [0.25, 0.3) is 0 Å². The molecule has 1 aromatic rings. The molecule has 16 heavy (non-hydrogen) atoms. The van der Waals surface area contributed by atoms with E-state index in [1.165, 1.54) is 31.2 Å². The van der Waals surface area contributed by atoms with Crippen LogP contribution >= 0.6 is 0 Å². The van der Waals surface area contributed by atoms with Crippen molar-refractivity contribution in [2.75, 3.05) is 6.54 Å². The Hall–Kier alpha value is -0.760. The Bertz CT molecular complexity index is 339.